The van der Waals surface area contributed by atoms with Gasteiger partial charge in [0, 0.05) is 13.2 Å². The van der Waals surface area contributed by atoms with Gasteiger partial charge in [-0.25, -0.2) is 0 Å². The number of aryl methyl sites for hydroxylation is 1. The van der Waals surface area contributed by atoms with Gasteiger partial charge in [-0.2, -0.15) is 0 Å². The number of benzene rings is 1. The lowest BCUT2D eigenvalue weighted by Crippen LogP contribution is -1.98. The molecule has 0 spiro atoms. The smallest absolute Gasteiger partial charge is 0.118 e. The molecular weight excluding hydrogens is 236 g/mol. The van der Waals surface area contributed by atoms with E-state index in [2.05, 4.69) is 19.1 Å². The predicted molar refractivity (Wildman–Crippen MR) is 80.9 cm³/mol. The predicted octanol–water partition coefficient (Wildman–Crippen LogP) is 4.61. The van der Waals surface area contributed by atoms with Crippen LogP contribution in [0.4, 0.5) is 0 Å². The van der Waals surface area contributed by atoms with Crippen molar-refractivity contribution >= 4 is 0 Å². The molecule has 1 aromatic rings. The van der Waals surface area contributed by atoms with Gasteiger partial charge in [0.1, 0.15) is 5.75 Å². The van der Waals surface area contributed by atoms with Crippen molar-refractivity contribution in [3.05, 3.63) is 29.8 Å². The van der Waals surface area contributed by atoms with Gasteiger partial charge >= 0.3 is 0 Å². The van der Waals surface area contributed by atoms with Crippen LogP contribution >= 0.6 is 0 Å². The molecule has 2 nitrogen and oxygen atoms in total. The van der Waals surface area contributed by atoms with Gasteiger partial charge in [-0.05, 0) is 43.4 Å². The van der Waals surface area contributed by atoms with Crippen molar-refractivity contribution in [1.82, 2.24) is 0 Å². The van der Waals surface area contributed by atoms with E-state index in [1.807, 2.05) is 12.1 Å². The lowest BCUT2D eigenvalue weighted by molar-refractivity contribution is 0.126. The quantitative estimate of drug-likeness (QED) is 0.543. The van der Waals surface area contributed by atoms with E-state index < -0.39 is 0 Å². The first kappa shape index (κ1) is 16.0. The lowest BCUT2D eigenvalue weighted by atomic mass is 10.1. The molecule has 0 atom stereocenters. The zero-order valence-electron chi connectivity index (χ0n) is 12.5. The van der Waals surface area contributed by atoms with E-state index in [-0.39, 0.29) is 0 Å². The molecule has 0 N–H and O–H groups in total. The zero-order chi connectivity index (χ0) is 13.8. The molecule has 0 bridgehead atoms. The third-order valence-electron chi connectivity index (χ3n) is 3.31. The van der Waals surface area contributed by atoms with Crippen LogP contribution < -0.4 is 4.74 Å². The molecule has 0 saturated heterocycles. The maximum Gasteiger partial charge on any atom is 0.118 e. The number of hydrogen-bond acceptors (Lipinski definition) is 2. The number of rotatable bonds is 11. The summed E-state index contributed by atoms with van der Waals surface area (Å²) in [6, 6.07) is 8.34. The fraction of sp³-hybridized carbons (Fsp3) is 0.647. The van der Waals surface area contributed by atoms with Crippen molar-refractivity contribution in [3.63, 3.8) is 0 Å². The Balaban J connectivity index is 1.95. The fourth-order valence-electron chi connectivity index (χ4n) is 2.06. The van der Waals surface area contributed by atoms with Crippen LogP contribution in [0.2, 0.25) is 0 Å². The van der Waals surface area contributed by atoms with Crippen molar-refractivity contribution in [2.24, 2.45) is 0 Å². The molecular formula is C17H28O2. The highest BCUT2D eigenvalue weighted by molar-refractivity contribution is 5.27. The second-order valence-electron chi connectivity index (χ2n) is 4.98. The van der Waals surface area contributed by atoms with Crippen molar-refractivity contribution < 1.29 is 9.47 Å². The molecule has 0 fully saturated rings. The topological polar surface area (TPSA) is 18.5 Å². The Kier molecular flexibility index (Phi) is 9.17. The third kappa shape index (κ3) is 7.89. The van der Waals surface area contributed by atoms with Crippen LogP contribution in [0.25, 0.3) is 0 Å². The van der Waals surface area contributed by atoms with Crippen LogP contribution in [0.15, 0.2) is 24.3 Å². The van der Waals surface area contributed by atoms with Gasteiger partial charge in [0.25, 0.3) is 0 Å². The Labute approximate surface area is 118 Å². The first-order valence-electron chi connectivity index (χ1n) is 7.57. The average molecular weight is 264 g/mol. The van der Waals surface area contributed by atoms with E-state index in [1.165, 1.54) is 37.7 Å². The van der Waals surface area contributed by atoms with E-state index in [0.29, 0.717) is 0 Å². The third-order valence-corrected chi connectivity index (χ3v) is 3.31. The Morgan fingerprint density at radius 2 is 1.53 bits per heavy atom. The van der Waals surface area contributed by atoms with E-state index in [4.69, 9.17) is 9.47 Å². The van der Waals surface area contributed by atoms with Gasteiger partial charge in [0.15, 0.2) is 0 Å². The summed E-state index contributed by atoms with van der Waals surface area (Å²) in [5.41, 5.74) is 1.38. The summed E-state index contributed by atoms with van der Waals surface area (Å²) in [6.45, 7) is 4.07. The molecule has 1 rings (SSSR count). The lowest BCUT2D eigenvalue weighted by Gasteiger charge is -2.05. The van der Waals surface area contributed by atoms with Gasteiger partial charge in [0.05, 0.1) is 7.11 Å². The monoisotopic (exact) mass is 264 g/mol. The molecule has 0 amide bonds. The first-order chi connectivity index (χ1) is 9.36. The van der Waals surface area contributed by atoms with Crippen LogP contribution in [0, 0.1) is 0 Å². The number of ether oxygens (including phenoxy) is 2. The van der Waals surface area contributed by atoms with Crippen molar-refractivity contribution in [2.75, 3.05) is 20.3 Å². The SMILES string of the molecule is CCCCCCOCCCCc1ccc(OC)cc1. The van der Waals surface area contributed by atoms with Crippen molar-refractivity contribution in [2.45, 2.75) is 51.9 Å². The minimum Gasteiger partial charge on any atom is -0.497 e. The summed E-state index contributed by atoms with van der Waals surface area (Å²) < 4.78 is 10.8. The molecule has 0 saturated carbocycles. The highest BCUT2D eigenvalue weighted by Crippen LogP contribution is 2.13. The van der Waals surface area contributed by atoms with E-state index in [1.54, 1.807) is 7.11 Å². The van der Waals surface area contributed by atoms with Crippen LogP contribution in [0.3, 0.4) is 0 Å². The normalized spacial score (nSPS) is 10.6. The molecule has 0 aliphatic carbocycles. The number of hydrogen-bond donors (Lipinski definition) is 0. The molecule has 0 unspecified atom stereocenters. The van der Waals surface area contributed by atoms with Crippen molar-refractivity contribution in [1.29, 1.82) is 0 Å². The Bertz CT molecular complexity index is 306. The van der Waals surface area contributed by atoms with E-state index in [0.717, 1.165) is 31.8 Å². The molecule has 108 valence electrons. The molecule has 0 aliphatic heterocycles. The molecule has 0 aromatic heterocycles. The largest absolute Gasteiger partial charge is 0.497 e. The van der Waals surface area contributed by atoms with Crippen LogP contribution in [-0.2, 0) is 11.2 Å². The number of methoxy groups -OCH3 is 1. The molecule has 0 aliphatic rings. The minimum absolute atomic E-state index is 0.905. The fourth-order valence-corrected chi connectivity index (χ4v) is 2.06. The maximum absolute atomic E-state index is 5.63. The molecule has 0 heterocycles. The van der Waals surface area contributed by atoms with Gasteiger partial charge in [-0.15, -0.1) is 0 Å². The summed E-state index contributed by atoms with van der Waals surface area (Å²) in [5.74, 6) is 0.930. The van der Waals surface area contributed by atoms with Gasteiger partial charge in [-0.3, -0.25) is 0 Å². The summed E-state index contributed by atoms with van der Waals surface area (Å²) in [7, 11) is 1.70. The average Bonchev–Trinajstić information content (AvgIpc) is 2.46. The van der Waals surface area contributed by atoms with Crippen LogP contribution in [-0.4, -0.2) is 20.3 Å². The second kappa shape index (κ2) is 10.9. The summed E-state index contributed by atoms with van der Waals surface area (Å²) in [5, 5.41) is 0. The highest BCUT2D eigenvalue weighted by atomic mass is 16.5. The zero-order valence-corrected chi connectivity index (χ0v) is 12.5. The Hall–Kier alpha value is -1.02. The minimum atomic E-state index is 0.905. The van der Waals surface area contributed by atoms with E-state index in [9.17, 15) is 0 Å². The van der Waals surface area contributed by atoms with Gasteiger partial charge in [0.2, 0.25) is 0 Å². The maximum atomic E-state index is 5.63. The molecule has 19 heavy (non-hydrogen) atoms. The standard InChI is InChI=1S/C17H28O2/c1-3-4-5-7-14-19-15-8-6-9-16-10-12-17(18-2)13-11-16/h10-13H,3-9,14-15H2,1-2H3. The van der Waals surface area contributed by atoms with Gasteiger partial charge < -0.3 is 9.47 Å². The first-order valence-corrected chi connectivity index (χ1v) is 7.57. The Morgan fingerprint density at radius 3 is 2.16 bits per heavy atom. The highest BCUT2D eigenvalue weighted by Gasteiger charge is 1.95. The second-order valence-corrected chi connectivity index (χ2v) is 4.98. The Morgan fingerprint density at radius 1 is 0.842 bits per heavy atom. The summed E-state index contributed by atoms with van der Waals surface area (Å²) >= 11 is 0. The molecule has 0 radical (unpaired) electrons. The van der Waals surface area contributed by atoms with E-state index >= 15 is 0 Å². The van der Waals surface area contributed by atoms with Crippen molar-refractivity contribution in [3.8, 4) is 5.75 Å². The van der Waals surface area contributed by atoms with Crippen LogP contribution in [0.5, 0.6) is 5.75 Å². The molecule has 1 aromatic carbocycles. The summed E-state index contributed by atoms with van der Waals surface area (Å²) in [4.78, 5) is 0. The number of unbranched alkanes of at least 4 members (excludes halogenated alkanes) is 4. The van der Waals surface area contributed by atoms with Crippen LogP contribution in [0.1, 0.15) is 51.0 Å². The molecule has 2 heteroatoms. The van der Waals surface area contributed by atoms with Gasteiger partial charge in [-0.1, -0.05) is 38.3 Å². The summed E-state index contributed by atoms with van der Waals surface area (Å²) in [6.07, 6.45) is 8.63.